The number of benzene rings is 1. The number of rotatable bonds is 7. The molecule has 1 unspecified atom stereocenters. The van der Waals surface area contributed by atoms with E-state index in [0.29, 0.717) is 13.0 Å². The van der Waals surface area contributed by atoms with Crippen molar-refractivity contribution in [1.29, 1.82) is 0 Å². The van der Waals surface area contributed by atoms with Gasteiger partial charge in [0.05, 0.1) is 4.92 Å². The van der Waals surface area contributed by atoms with E-state index in [4.69, 9.17) is 16.7 Å². The highest BCUT2D eigenvalue weighted by Crippen LogP contribution is 2.23. The quantitative estimate of drug-likeness (QED) is 0.459. The first-order valence-corrected chi connectivity index (χ1v) is 6.66. The molecule has 0 aliphatic rings. The number of aliphatic hydroxyl groups excluding tert-OH is 1. The van der Waals surface area contributed by atoms with E-state index in [9.17, 15) is 14.9 Å². The summed E-state index contributed by atoms with van der Waals surface area (Å²) in [4.78, 5) is 22.1. The molecule has 0 radical (unpaired) electrons. The summed E-state index contributed by atoms with van der Waals surface area (Å²) in [6.45, 7) is 2.42. The molecule has 1 rings (SSSR count). The van der Waals surface area contributed by atoms with Crippen LogP contribution in [0.3, 0.4) is 0 Å². The molecule has 7 heteroatoms. The monoisotopic (exact) mass is 300 g/mol. The average molecular weight is 301 g/mol. The highest BCUT2D eigenvalue weighted by Gasteiger charge is 2.20. The number of carbonyl (C=O) groups is 1. The van der Waals surface area contributed by atoms with E-state index in [0.717, 1.165) is 12.5 Å². The lowest BCUT2D eigenvalue weighted by Crippen LogP contribution is -2.25. The SMILES string of the molecule is CC(CO)CCCNC(=O)c1ccc(Cl)cc1[N+](=O)[O-]. The minimum absolute atomic E-state index is 0.00499. The van der Waals surface area contributed by atoms with E-state index < -0.39 is 10.8 Å². The topological polar surface area (TPSA) is 92.5 Å². The standard InChI is InChI=1S/C13H17ClN2O4/c1-9(8-17)3-2-6-15-13(18)11-5-4-10(14)7-12(11)16(19)20/h4-5,7,9,17H,2-3,6,8H2,1H3,(H,15,18). The molecular weight excluding hydrogens is 284 g/mol. The summed E-state index contributed by atoms with van der Waals surface area (Å²) in [5.74, 6) is -0.318. The second-order valence-electron chi connectivity index (χ2n) is 4.60. The summed E-state index contributed by atoms with van der Waals surface area (Å²) in [5.41, 5.74) is -0.312. The molecule has 1 aromatic carbocycles. The van der Waals surface area contributed by atoms with E-state index >= 15 is 0 Å². The second kappa shape index (κ2) is 7.81. The van der Waals surface area contributed by atoms with Crippen LogP contribution in [-0.2, 0) is 0 Å². The van der Waals surface area contributed by atoms with Crippen molar-refractivity contribution < 1.29 is 14.8 Å². The third-order valence-electron chi connectivity index (χ3n) is 2.87. The molecule has 2 N–H and O–H groups in total. The van der Waals surface area contributed by atoms with Gasteiger partial charge in [0, 0.05) is 24.2 Å². The fourth-order valence-corrected chi connectivity index (χ4v) is 1.85. The molecule has 110 valence electrons. The molecule has 0 spiro atoms. The van der Waals surface area contributed by atoms with Gasteiger partial charge >= 0.3 is 0 Å². The van der Waals surface area contributed by atoms with Gasteiger partial charge in [-0.05, 0) is 30.9 Å². The van der Waals surface area contributed by atoms with E-state index in [-0.39, 0.29) is 28.8 Å². The maximum atomic E-state index is 11.9. The number of amides is 1. The van der Waals surface area contributed by atoms with Gasteiger partial charge in [-0.25, -0.2) is 0 Å². The molecule has 0 aliphatic carbocycles. The molecular formula is C13H17ClN2O4. The number of nitrogens with one attached hydrogen (secondary N) is 1. The minimum Gasteiger partial charge on any atom is -0.396 e. The van der Waals surface area contributed by atoms with Gasteiger partial charge in [-0.15, -0.1) is 0 Å². The van der Waals surface area contributed by atoms with Crippen LogP contribution >= 0.6 is 11.6 Å². The predicted molar refractivity (Wildman–Crippen MR) is 75.9 cm³/mol. The highest BCUT2D eigenvalue weighted by atomic mass is 35.5. The van der Waals surface area contributed by atoms with Gasteiger partial charge in [0.2, 0.25) is 0 Å². The number of carbonyl (C=O) groups excluding carboxylic acids is 1. The van der Waals surface area contributed by atoms with Crippen molar-refractivity contribution in [3.63, 3.8) is 0 Å². The summed E-state index contributed by atoms with van der Waals surface area (Å²) in [5, 5.41) is 22.6. The van der Waals surface area contributed by atoms with Crippen LogP contribution in [0.4, 0.5) is 5.69 Å². The first-order valence-electron chi connectivity index (χ1n) is 6.28. The van der Waals surface area contributed by atoms with Crippen molar-refractivity contribution in [3.05, 3.63) is 38.9 Å². The number of nitro benzene ring substituents is 1. The van der Waals surface area contributed by atoms with Crippen molar-refractivity contribution in [3.8, 4) is 0 Å². The Labute approximate surface area is 121 Å². The zero-order chi connectivity index (χ0) is 15.1. The fraction of sp³-hybridized carbons (Fsp3) is 0.462. The Morgan fingerprint density at radius 3 is 2.85 bits per heavy atom. The van der Waals surface area contributed by atoms with Gasteiger partial charge in [-0.3, -0.25) is 14.9 Å². The number of hydrogen-bond donors (Lipinski definition) is 2. The van der Waals surface area contributed by atoms with Crippen molar-refractivity contribution in [1.82, 2.24) is 5.32 Å². The summed E-state index contributed by atoms with van der Waals surface area (Å²) >= 11 is 5.68. The number of halogens is 1. The summed E-state index contributed by atoms with van der Waals surface area (Å²) in [7, 11) is 0. The normalized spacial score (nSPS) is 11.9. The Balaban J connectivity index is 2.62. The lowest BCUT2D eigenvalue weighted by molar-refractivity contribution is -0.385. The van der Waals surface area contributed by atoms with E-state index in [1.54, 1.807) is 0 Å². The van der Waals surface area contributed by atoms with Crippen molar-refractivity contribution in [2.45, 2.75) is 19.8 Å². The van der Waals surface area contributed by atoms with Gasteiger partial charge in [-0.1, -0.05) is 18.5 Å². The van der Waals surface area contributed by atoms with Crippen LogP contribution in [0.2, 0.25) is 5.02 Å². The summed E-state index contributed by atoms with van der Waals surface area (Å²) in [6, 6.07) is 3.94. The van der Waals surface area contributed by atoms with Gasteiger partial charge in [0.15, 0.2) is 0 Å². The number of nitrogens with zero attached hydrogens (tertiary/aromatic N) is 1. The van der Waals surface area contributed by atoms with Crippen LogP contribution in [0, 0.1) is 16.0 Å². The molecule has 1 atom stereocenters. The molecule has 0 saturated heterocycles. The Hall–Kier alpha value is -1.66. The average Bonchev–Trinajstić information content (AvgIpc) is 2.42. The molecule has 1 amide bonds. The molecule has 1 aromatic rings. The van der Waals surface area contributed by atoms with Gasteiger partial charge in [0.1, 0.15) is 5.56 Å². The van der Waals surface area contributed by atoms with Crippen LogP contribution < -0.4 is 5.32 Å². The lowest BCUT2D eigenvalue weighted by atomic mass is 10.1. The maximum absolute atomic E-state index is 11.9. The van der Waals surface area contributed by atoms with Crippen LogP contribution in [0.5, 0.6) is 0 Å². The van der Waals surface area contributed by atoms with Gasteiger partial charge in [-0.2, -0.15) is 0 Å². The van der Waals surface area contributed by atoms with Crippen molar-refractivity contribution >= 4 is 23.2 Å². The smallest absolute Gasteiger partial charge is 0.283 e. The van der Waals surface area contributed by atoms with Crippen LogP contribution in [0.25, 0.3) is 0 Å². The minimum atomic E-state index is -0.630. The maximum Gasteiger partial charge on any atom is 0.283 e. The van der Waals surface area contributed by atoms with Crippen molar-refractivity contribution in [2.75, 3.05) is 13.2 Å². The third-order valence-corrected chi connectivity index (χ3v) is 3.11. The largest absolute Gasteiger partial charge is 0.396 e. The molecule has 0 fully saturated rings. The predicted octanol–water partition coefficient (Wildman–Crippen LogP) is 2.39. The van der Waals surface area contributed by atoms with Gasteiger partial charge in [0.25, 0.3) is 11.6 Å². The van der Waals surface area contributed by atoms with Crippen LogP contribution in [0.1, 0.15) is 30.1 Å². The fourth-order valence-electron chi connectivity index (χ4n) is 1.69. The molecule has 0 aliphatic heterocycles. The Kier molecular flexibility index (Phi) is 6.41. The Morgan fingerprint density at radius 1 is 1.55 bits per heavy atom. The van der Waals surface area contributed by atoms with Gasteiger partial charge < -0.3 is 10.4 Å². The second-order valence-corrected chi connectivity index (χ2v) is 5.04. The number of aliphatic hydroxyl groups is 1. The third kappa shape index (κ3) is 4.79. The van der Waals surface area contributed by atoms with Crippen LogP contribution in [0.15, 0.2) is 18.2 Å². The molecule has 0 heterocycles. The summed E-state index contributed by atoms with van der Waals surface area (Å²) in [6.07, 6.45) is 1.48. The zero-order valence-corrected chi connectivity index (χ0v) is 11.9. The van der Waals surface area contributed by atoms with E-state index in [1.165, 1.54) is 12.1 Å². The molecule has 0 saturated carbocycles. The van der Waals surface area contributed by atoms with E-state index in [1.807, 2.05) is 6.92 Å². The first kappa shape index (κ1) is 16.4. The number of hydrogen-bond acceptors (Lipinski definition) is 4. The Bertz CT molecular complexity index is 493. The van der Waals surface area contributed by atoms with E-state index in [2.05, 4.69) is 5.32 Å². The molecule has 0 bridgehead atoms. The van der Waals surface area contributed by atoms with Crippen LogP contribution in [-0.4, -0.2) is 29.1 Å². The molecule has 20 heavy (non-hydrogen) atoms. The molecule has 0 aromatic heterocycles. The zero-order valence-electron chi connectivity index (χ0n) is 11.1. The first-order chi connectivity index (χ1) is 9.45. The molecule has 6 nitrogen and oxygen atoms in total. The highest BCUT2D eigenvalue weighted by molar-refractivity contribution is 6.31. The number of nitro groups is 1. The van der Waals surface area contributed by atoms with Crippen molar-refractivity contribution in [2.24, 2.45) is 5.92 Å². The lowest BCUT2D eigenvalue weighted by Gasteiger charge is -2.08. The summed E-state index contributed by atoms with van der Waals surface area (Å²) < 4.78 is 0. The Morgan fingerprint density at radius 2 is 2.25 bits per heavy atom.